The highest BCUT2D eigenvalue weighted by atomic mass is 35.5. The highest BCUT2D eigenvalue weighted by Crippen LogP contribution is 2.36. The van der Waals surface area contributed by atoms with E-state index < -0.39 is 17.1 Å². The molecule has 0 spiro atoms. The Hall–Kier alpha value is -0.890. The number of carbonyl (C=O) groups excluding carboxylic acids is 2. The second kappa shape index (κ2) is 9.07. The maximum atomic E-state index is 12.9. The summed E-state index contributed by atoms with van der Waals surface area (Å²) in [6.07, 6.45) is 3.11. The molecule has 2 amide bonds. The standard InChI is InChI=1S/C19H36N4O3.ClH/c1-12(2)15(22-16(24)14-8-7-9-20-14)17(25)21-13-10-18(3,4)23(26)19(5,6)11-13;/h12-15,20,26H,7-11H2,1-6H3,(H,21,25)(H,22,24);1H/t14-,15+;/m0./s1. The number of nitrogens with zero attached hydrogens (tertiary/aromatic N) is 1. The summed E-state index contributed by atoms with van der Waals surface area (Å²) in [6, 6.07) is -0.790. The molecule has 0 radical (unpaired) electrons. The molecule has 0 aromatic carbocycles. The van der Waals surface area contributed by atoms with E-state index in [0.717, 1.165) is 19.4 Å². The Bertz CT molecular complexity index is 515. The molecular weight excluding hydrogens is 368 g/mol. The molecular formula is C19H37ClN4O3. The number of amides is 2. The van der Waals surface area contributed by atoms with Crippen LogP contribution in [0.4, 0.5) is 0 Å². The van der Waals surface area contributed by atoms with E-state index in [1.165, 1.54) is 5.06 Å². The van der Waals surface area contributed by atoms with Crippen molar-refractivity contribution in [3.63, 3.8) is 0 Å². The quantitative estimate of drug-likeness (QED) is 0.561. The molecule has 2 atom stereocenters. The molecule has 0 aromatic heterocycles. The van der Waals surface area contributed by atoms with Gasteiger partial charge in [-0.2, -0.15) is 5.06 Å². The predicted molar refractivity (Wildman–Crippen MR) is 108 cm³/mol. The molecule has 4 N–H and O–H groups in total. The van der Waals surface area contributed by atoms with Gasteiger partial charge in [0.25, 0.3) is 0 Å². The third kappa shape index (κ3) is 5.79. The summed E-state index contributed by atoms with van der Waals surface area (Å²) in [5.74, 6) is -0.240. The van der Waals surface area contributed by atoms with Crippen LogP contribution < -0.4 is 16.0 Å². The van der Waals surface area contributed by atoms with Gasteiger partial charge in [-0.1, -0.05) is 13.8 Å². The molecule has 0 unspecified atom stereocenters. The SMILES string of the molecule is CC(C)[C@@H](NC(=O)[C@@H]1CCCN1)C(=O)NC1CC(C)(C)N(O)C(C)(C)C1.Cl. The molecule has 0 aliphatic carbocycles. The van der Waals surface area contributed by atoms with Crippen LogP contribution in [0, 0.1) is 5.92 Å². The zero-order valence-electron chi connectivity index (χ0n) is 17.5. The highest BCUT2D eigenvalue weighted by Gasteiger charge is 2.45. The van der Waals surface area contributed by atoms with Crippen LogP contribution in [0.25, 0.3) is 0 Å². The van der Waals surface area contributed by atoms with E-state index >= 15 is 0 Å². The Labute approximate surface area is 169 Å². The Morgan fingerprint density at radius 2 is 1.70 bits per heavy atom. The largest absolute Gasteiger partial charge is 0.351 e. The second-order valence-electron chi connectivity index (χ2n) is 9.43. The first-order valence-electron chi connectivity index (χ1n) is 9.77. The monoisotopic (exact) mass is 404 g/mol. The fourth-order valence-corrected chi connectivity index (χ4v) is 4.36. The number of hydrogen-bond donors (Lipinski definition) is 4. The molecule has 7 nitrogen and oxygen atoms in total. The summed E-state index contributed by atoms with van der Waals surface area (Å²) in [5.41, 5.74) is -0.853. The summed E-state index contributed by atoms with van der Waals surface area (Å²) in [4.78, 5) is 25.3. The van der Waals surface area contributed by atoms with Crippen molar-refractivity contribution < 1.29 is 14.8 Å². The lowest BCUT2D eigenvalue weighted by Crippen LogP contribution is -2.64. The zero-order chi connectivity index (χ0) is 19.7. The first-order valence-corrected chi connectivity index (χ1v) is 9.77. The van der Waals surface area contributed by atoms with Crippen LogP contribution in [0.1, 0.15) is 67.2 Å². The van der Waals surface area contributed by atoms with E-state index in [2.05, 4.69) is 16.0 Å². The Morgan fingerprint density at radius 3 is 2.15 bits per heavy atom. The third-order valence-electron chi connectivity index (χ3n) is 5.61. The zero-order valence-corrected chi connectivity index (χ0v) is 18.3. The number of halogens is 1. The first kappa shape index (κ1) is 24.1. The molecule has 2 aliphatic rings. The molecule has 2 aliphatic heterocycles. The van der Waals surface area contributed by atoms with Crippen molar-refractivity contribution in [2.45, 2.75) is 96.4 Å². The normalized spacial score (nSPS) is 26.3. The van der Waals surface area contributed by atoms with Gasteiger partial charge in [-0.3, -0.25) is 9.59 Å². The minimum atomic E-state index is -0.553. The van der Waals surface area contributed by atoms with Crippen molar-refractivity contribution in [2.75, 3.05) is 6.54 Å². The fraction of sp³-hybridized carbons (Fsp3) is 0.895. The summed E-state index contributed by atoms with van der Waals surface area (Å²) in [5, 5.41) is 21.0. The summed E-state index contributed by atoms with van der Waals surface area (Å²) < 4.78 is 0. The van der Waals surface area contributed by atoms with Gasteiger partial charge in [0.05, 0.1) is 6.04 Å². The van der Waals surface area contributed by atoms with Gasteiger partial charge in [0.15, 0.2) is 0 Å². The number of hydrogen-bond acceptors (Lipinski definition) is 5. The maximum absolute atomic E-state index is 12.9. The van der Waals surface area contributed by atoms with Crippen LogP contribution in [0.5, 0.6) is 0 Å². The molecule has 8 heteroatoms. The van der Waals surface area contributed by atoms with Gasteiger partial charge in [-0.05, 0) is 65.8 Å². The molecule has 2 saturated heterocycles. The summed E-state index contributed by atoms with van der Waals surface area (Å²) in [6.45, 7) is 12.6. The molecule has 2 fully saturated rings. The van der Waals surface area contributed by atoms with Gasteiger partial charge in [0, 0.05) is 17.1 Å². The van der Waals surface area contributed by atoms with Crippen LogP contribution >= 0.6 is 12.4 Å². The highest BCUT2D eigenvalue weighted by molar-refractivity contribution is 5.90. The molecule has 27 heavy (non-hydrogen) atoms. The van der Waals surface area contributed by atoms with Gasteiger partial charge in [0.1, 0.15) is 6.04 Å². The van der Waals surface area contributed by atoms with Crippen molar-refractivity contribution in [2.24, 2.45) is 5.92 Å². The average Bonchev–Trinajstić information content (AvgIpc) is 3.03. The van der Waals surface area contributed by atoms with E-state index in [1.807, 2.05) is 41.5 Å². The van der Waals surface area contributed by atoms with Gasteiger partial charge in [-0.25, -0.2) is 0 Å². The lowest BCUT2D eigenvalue weighted by Gasteiger charge is -2.51. The number of hydroxylamine groups is 2. The molecule has 158 valence electrons. The van der Waals surface area contributed by atoms with E-state index in [-0.39, 0.29) is 42.2 Å². The van der Waals surface area contributed by atoms with Gasteiger partial charge in [0.2, 0.25) is 11.8 Å². The predicted octanol–water partition coefficient (Wildman–Crippen LogP) is 1.83. The lowest BCUT2D eigenvalue weighted by atomic mass is 9.79. The third-order valence-corrected chi connectivity index (χ3v) is 5.61. The maximum Gasteiger partial charge on any atom is 0.243 e. The minimum absolute atomic E-state index is 0. The number of rotatable bonds is 5. The fourth-order valence-electron chi connectivity index (χ4n) is 4.36. The lowest BCUT2D eigenvalue weighted by molar-refractivity contribution is -0.246. The smallest absolute Gasteiger partial charge is 0.243 e. The van der Waals surface area contributed by atoms with Crippen molar-refractivity contribution >= 4 is 24.2 Å². The van der Waals surface area contributed by atoms with E-state index in [1.54, 1.807) is 0 Å². The van der Waals surface area contributed by atoms with E-state index in [0.29, 0.717) is 12.8 Å². The van der Waals surface area contributed by atoms with Crippen molar-refractivity contribution in [1.82, 2.24) is 21.0 Å². The Morgan fingerprint density at radius 1 is 1.15 bits per heavy atom. The van der Waals surface area contributed by atoms with Crippen LogP contribution in [0.3, 0.4) is 0 Å². The van der Waals surface area contributed by atoms with Crippen LogP contribution in [0.2, 0.25) is 0 Å². The first-order chi connectivity index (χ1) is 11.9. The van der Waals surface area contributed by atoms with Crippen LogP contribution in [-0.4, -0.2) is 57.8 Å². The van der Waals surface area contributed by atoms with Crippen molar-refractivity contribution in [3.8, 4) is 0 Å². The van der Waals surface area contributed by atoms with E-state index in [4.69, 9.17) is 0 Å². The van der Waals surface area contributed by atoms with E-state index in [9.17, 15) is 14.8 Å². The number of nitrogens with one attached hydrogen (secondary N) is 3. The molecule has 0 saturated carbocycles. The Kier molecular flexibility index (Phi) is 8.11. The molecule has 2 heterocycles. The second-order valence-corrected chi connectivity index (χ2v) is 9.43. The number of carbonyl (C=O) groups is 2. The topological polar surface area (TPSA) is 93.7 Å². The summed E-state index contributed by atoms with van der Waals surface area (Å²) in [7, 11) is 0. The molecule has 0 bridgehead atoms. The van der Waals surface area contributed by atoms with Crippen molar-refractivity contribution in [1.29, 1.82) is 0 Å². The molecule has 2 rings (SSSR count). The Balaban J connectivity index is 0.00000364. The summed E-state index contributed by atoms with van der Waals surface area (Å²) >= 11 is 0. The number of piperidine rings is 1. The van der Waals surface area contributed by atoms with Crippen LogP contribution in [0.15, 0.2) is 0 Å². The average molecular weight is 405 g/mol. The minimum Gasteiger partial charge on any atom is -0.351 e. The van der Waals surface area contributed by atoms with Gasteiger partial charge >= 0.3 is 0 Å². The van der Waals surface area contributed by atoms with Gasteiger partial charge < -0.3 is 21.2 Å². The van der Waals surface area contributed by atoms with Crippen molar-refractivity contribution in [3.05, 3.63) is 0 Å². The van der Waals surface area contributed by atoms with Crippen LogP contribution in [-0.2, 0) is 9.59 Å². The molecule has 0 aromatic rings. The van der Waals surface area contributed by atoms with Gasteiger partial charge in [-0.15, -0.1) is 12.4 Å².